The van der Waals surface area contributed by atoms with Crippen molar-refractivity contribution in [2.24, 2.45) is 0 Å². The summed E-state index contributed by atoms with van der Waals surface area (Å²) in [6.45, 7) is 0.533. The van der Waals surface area contributed by atoms with Gasteiger partial charge in [-0.2, -0.15) is 0 Å². The molecule has 0 radical (unpaired) electrons. The van der Waals surface area contributed by atoms with Gasteiger partial charge in [-0.1, -0.05) is 58.7 Å². The molecule has 0 saturated heterocycles. The number of rotatable bonds is 7. The lowest BCUT2D eigenvalue weighted by Crippen LogP contribution is -2.35. The number of carbonyl (C=O) groups excluding carboxylic acids is 2. The molecule has 1 aliphatic heterocycles. The second-order valence-electron chi connectivity index (χ2n) is 9.74. The molecular formula is C30H23Cl2N7O3. The topological polar surface area (TPSA) is 124 Å². The zero-order valence-corrected chi connectivity index (χ0v) is 23.5. The summed E-state index contributed by atoms with van der Waals surface area (Å²) in [5.41, 5.74) is 3.87. The minimum atomic E-state index is -0.909. The van der Waals surface area contributed by atoms with E-state index in [0.29, 0.717) is 46.2 Å². The van der Waals surface area contributed by atoms with E-state index < -0.39 is 17.5 Å². The van der Waals surface area contributed by atoms with E-state index >= 15 is 0 Å². The van der Waals surface area contributed by atoms with Crippen molar-refractivity contribution in [3.8, 4) is 16.9 Å². The van der Waals surface area contributed by atoms with Crippen LogP contribution in [0.2, 0.25) is 10.2 Å². The van der Waals surface area contributed by atoms with Crippen LogP contribution in [0.25, 0.3) is 16.9 Å². The first-order chi connectivity index (χ1) is 20.4. The molecule has 1 unspecified atom stereocenters. The summed E-state index contributed by atoms with van der Waals surface area (Å²) in [7, 11) is 0. The maximum Gasteiger partial charge on any atom is 0.254 e. The lowest BCUT2D eigenvalue weighted by molar-refractivity contribution is -0.119. The lowest BCUT2D eigenvalue weighted by atomic mass is 9.99. The van der Waals surface area contributed by atoms with Gasteiger partial charge in [-0.15, -0.1) is 5.10 Å². The van der Waals surface area contributed by atoms with Gasteiger partial charge in [-0.05, 0) is 53.9 Å². The van der Waals surface area contributed by atoms with Crippen LogP contribution in [0.4, 0.5) is 5.69 Å². The lowest BCUT2D eigenvalue weighted by Gasteiger charge is -2.21. The molecule has 0 saturated carbocycles. The Morgan fingerprint density at radius 3 is 2.60 bits per heavy atom. The van der Waals surface area contributed by atoms with Crippen molar-refractivity contribution in [3.05, 3.63) is 123 Å². The zero-order valence-electron chi connectivity index (χ0n) is 22.0. The molecular weight excluding hydrogens is 577 g/mol. The van der Waals surface area contributed by atoms with E-state index in [1.165, 1.54) is 27.8 Å². The Morgan fingerprint density at radius 2 is 1.83 bits per heavy atom. The van der Waals surface area contributed by atoms with Crippen LogP contribution in [0.1, 0.15) is 27.5 Å². The summed E-state index contributed by atoms with van der Waals surface area (Å²) in [5, 5.41) is 14.2. The van der Waals surface area contributed by atoms with Crippen LogP contribution in [-0.4, -0.2) is 42.9 Å². The fourth-order valence-corrected chi connectivity index (χ4v) is 5.25. The minimum Gasteiger partial charge on any atom is -0.352 e. The van der Waals surface area contributed by atoms with Gasteiger partial charge in [0.2, 0.25) is 5.91 Å². The van der Waals surface area contributed by atoms with Crippen LogP contribution < -0.4 is 16.2 Å². The Labute approximate surface area is 249 Å². The van der Waals surface area contributed by atoms with Gasteiger partial charge in [0.15, 0.2) is 5.15 Å². The summed E-state index contributed by atoms with van der Waals surface area (Å²) >= 11 is 12.3. The van der Waals surface area contributed by atoms with E-state index in [1.807, 2.05) is 30.3 Å². The molecule has 1 aliphatic rings. The van der Waals surface area contributed by atoms with Crippen LogP contribution in [0, 0.1) is 0 Å². The number of hydrogen-bond acceptors (Lipinski definition) is 6. The van der Waals surface area contributed by atoms with Gasteiger partial charge in [0.1, 0.15) is 6.04 Å². The number of carbonyl (C=O) groups is 2. The normalized spacial score (nSPS) is 13.2. The van der Waals surface area contributed by atoms with Crippen molar-refractivity contribution in [2.45, 2.75) is 18.9 Å². The van der Waals surface area contributed by atoms with Crippen LogP contribution in [0.5, 0.6) is 0 Å². The molecule has 0 bridgehead atoms. The van der Waals surface area contributed by atoms with E-state index in [0.717, 1.165) is 11.1 Å². The number of fused-ring (bicyclic) bond motifs is 1. The summed E-state index contributed by atoms with van der Waals surface area (Å²) < 4.78 is 2.78. The molecule has 1 atom stereocenters. The van der Waals surface area contributed by atoms with E-state index in [2.05, 4.69) is 25.9 Å². The first-order valence-corrected chi connectivity index (χ1v) is 13.8. The van der Waals surface area contributed by atoms with Crippen molar-refractivity contribution in [2.75, 3.05) is 11.9 Å². The number of benzene rings is 3. The SMILES string of the molecule is O=C1NCCc2cc(NC(=O)C(Cc3ccccc3)n3cnc(-c4cc(Cl)ccc4-n4cc(Cl)nn4)cc3=O)ccc21. The molecule has 3 aromatic carbocycles. The Morgan fingerprint density at radius 1 is 1.00 bits per heavy atom. The molecule has 10 nitrogen and oxygen atoms in total. The number of hydrogen-bond donors (Lipinski definition) is 2. The fraction of sp³-hybridized carbons (Fsp3) is 0.133. The monoisotopic (exact) mass is 599 g/mol. The predicted octanol–water partition coefficient (Wildman–Crippen LogP) is 4.51. The number of halogens is 2. The van der Waals surface area contributed by atoms with Gasteiger partial charge >= 0.3 is 0 Å². The third-order valence-electron chi connectivity index (χ3n) is 6.99. The van der Waals surface area contributed by atoms with E-state index in [9.17, 15) is 14.4 Å². The Kier molecular flexibility index (Phi) is 7.56. The standard InChI is InChI=1S/C30H23Cl2N7O3/c31-20-6-9-25(39-16-27(32)36-37-39)23(14-20)24-15-28(40)38(17-34-24)26(12-18-4-2-1-3-5-18)30(42)35-21-7-8-22-19(13-21)10-11-33-29(22)41/h1-9,13-17,26H,10-12H2,(H,33,41)(H,35,42). The summed E-state index contributed by atoms with van der Waals surface area (Å²) in [6.07, 6.45) is 3.81. The average Bonchev–Trinajstić information content (AvgIpc) is 3.42. The first-order valence-electron chi connectivity index (χ1n) is 13.1. The van der Waals surface area contributed by atoms with Crippen molar-refractivity contribution in [1.82, 2.24) is 29.9 Å². The molecule has 0 fully saturated rings. The van der Waals surface area contributed by atoms with Gasteiger partial charge in [0, 0.05) is 40.9 Å². The number of anilines is 1. The van der Waals surface area contributed by atoms with Crippen LogP contribution in [0.3, 0.4) is 0 Å². The molecule has 12 heteroatoms. The molecule has 3 heterocycles. The third kappa shape index (κ3) is 5.67. The third-order valence-corrected chi connectivity index (χ3v) is 7.40. The smallest absolute Gasteiger partial charge is 0.254 e. The fourth-order valence-electron chi connectivity index (χ4n) is 4.95. The van der Waals surface area contributed by atoms with Gasteiger partial charge < -0.3 is 10.6 Å². The summed E-state index contributed by atoms with van der Waals surface area (Å²) in [6, 6.07) is 20.1. The highest BCUT2D eigenvalue weighted by Crippen LogP contribution is 2.28. The summed E-state index contributed by atoms with van der Waals surface area (Å²) in [5.74, 6) is -0.528. The van der Waals surface area contributed by atoms with Crippen molar-refractivity contribution in [1.29, 1.82) is 0 Å². The second-order valence-corrected chi connectivity index (χ2v) is 10.6. The molecule has 0 aliphatic carbocycles. The minimum absolute atomic E-state index is 0.136. The number of aromatic nitrogens is 5. The van der Waals surface area contributed by atoms with Crippen molar-refractivity contribution in [3.63, 3.8) is 0 Å². The predicted molar refractivity (Wildman–Crippen MR) is 159 cm³/mol. The molecule has 42 heavy (non-hydrogen) atoms. The van der Waals surface area contributed by atoms with Crippen molar-refractivity contribution >= 4 is 40.7 Å². The number of nitrogens with zero attached hydrogens (tertiary/aromatic N) is 5. The van der Waals surface area contributed by atoms with Crippen LogP contribution in [0.15, 0.2) is 90.1 Å². The van der Waals surface area contributed by atoms with E-state index in [4.69, 9.17) is 23.2 Å². The second kappa shape index (κ2) is 11.6. The van der Waals surface area contributed by atoms with Gasteiger partial charge in [-0.25, -0.2) is 9.67 Å². The average molecular weight is 600 g/mol. The zero-order chi connectivity index (χ0) is 29.2. The van der Waals surface area contributed by atoms with Gasteiger partial charge in [0.25, 0.3) is 11.5 Å². The van der Waals surface area contributed by atoms with E-state index in [1.54, 1.807) is 36.4 Å². The number of nitrogens with one attached hydrogen (secondary N) is 2. The van der Waals surface area contributed by atoms with Gasteiger partial charge in [0.05, 0.1) is 23.9 Å². The molecule has 2 N–H and O–H groups in total. The highest BCUT2D eigenvalue weighted by atomic mass is 35.5. The van der Waals surface area contributed by atoms with Gasteiger partial charge in [-0.3, -0.25) is 19.0 Å². The molecule has 210 valence electrons. The number of amides is 2. The molecule has 2 aromatic heterocycles. The van der Waals surface area contributed by atoms with Crippen LogP contribution in [-0.2, 0) is 17.6 Å². The summed E-state index contributed by atoms with van der Waals surface area (Å²) in [4.78, 5) is 44.0. The first kappa shape index (κ1) is 27.4. The molecule has 0 spiro atoms. The largest absolute Gasteiger partial charge is 0.352 e. The maximum atomic E-state index is 13.7. The Hall–Kier alpha value is -4.80. The molecule has 5 aromatic rings. The van der Waals surface area contributed by atoms with E-state index in [-0.39, 0.29) is 17.5 Å². The maximum absolute atomic E-state index is 13.7. The Bertz CT molecular complexity index is 1870. The molecule has 6 rings (SSSR count). The highest BCUT2D eigenvalue weighted by Gasteiger charge is 2.25. The molecule has 2 amide bonds. The Balaban J connectivity index is 1.35. The van der Waals surface area contributed by atoms with Crippen LogP contribution >= 0.6 is 23.2 Å². The highest BCUT2D eigenvalue weighted by molar-refractivity contribution is 6.31. The van der Waals surface area contributed by atoms with Crippen molar-refractivity contribution < 1.29 is 9.59 Å². The quantitative estimate of drug-likeness (QED) is 0.284.